The molecule has 1 fully saturated rings. The SMILES string of the molecule is CCOC(=O)c1ccnc(N2CCC[C@H](N(C)C(=O)OC(C)(C)C)C2)c1[N+](=O)[O-]. The summed E-state index contributed by atoms with van der Waals surface area (Å²) >= 11 is 0. The second kappa shape index (κ2) is 9.06. The standard InChI is InChI=1S/C19H28N4O6/c1-6-28-17(24)14-9-10-20-16(15(14)23(26)27)22-11-7-8-13(12-22)21(5)18(25)29-19(2,3)4/h9-10,13H,6-8,11-12H2,1-5H3/t13-/m0/s1. The Balaban J connectivity index is 2.28. The van der Waals surface area contributed by atoms with Gasteiger partial charge in [-0.05, 0) is 46.6 Å². The fourth-order valence-electron chi connectivity index (χ4n) is 3.17. The Morgan fingerprint density at radius 1 is 1.41 bits per heavy atom. The van der Waals surface area contributed by atoms with E-state index in [2.05, 4.69) is 4.98 Å². The van der Waals surface area contributed by atoms with E-state index in [-0.39, 0.29) is 29.7 Å². The number of piperidine rings is 1. The third-order valence-electron chi connectivity index (χ3n) is 4.51. The van der Waals surface area contributed by atoms with Gasteiger partial charge in [-0.1, -0.05) is 0 Å². The molecular formula is C19H28N4O6. The Labute approximate surface area is 169 Å². The van der Waals surface area contributed by atoms with Gasteiger partial charge in [0.1, 0.15) is 11.2 Å². The van der Waals surface area contributed by atoms with Crippen LogP contribution in [0.25, 0.3) is 0 Å². The largest absolute Gasteiger partial charge is 0.462 e. The second-order valence-electron chi connectivity index (χ2n) is 7.84. The van der Waals surface area contributed by atoms with Gasteiger partial charge in [0.05, 0.1) is 17.6 Å². The van der Waals surface area contributed by atoms with Gasteiger partial charge in [-0.2, -0.15) is 0 Å². The maximum absolute atomic E-state index is 12.4. The van der Waals surface area contributed by atoms with Gasteiger partial charge in [-0.25, -0.2) is 14.6 Å². The number of nitrogens with zero attached hydrogens (tertiary/aromatic N) is 4. The number of carbonyl (C=O) groups is 2. The Kier molecular flexibility index (Phi) is 6.99. The van der Waals surface area contributed by atoms with Gasteiger partial charge in [0, 0.05) is 26.3 Å². The van der Waals surface area contributed by atoms with Crippen LogP contribution in [0.15, 0.2) is 12.3 Å². The summed E-state index contributed by atoms with van der Waals surface area (Å²) in [6.45, 7) is 7.99. The van der Waals surface area contributed by atoms with E-state index in [0.717, 1.165) is 6.42 Å². The highest BCUT2D eigenvalue weighted by Gasteiger charge is 2.34. The van der Waals surface area contributed by atoms with Crippen LogP contribution < -0.4 is 4.90 Å². The van der Waals surface area contributed by atoms with Crippen LogP contribution in [0.1, 0.15) is 50.9 Å². The number of ether oxygens (including phenoxy) is 2. The molecule has 0 saturated carbocycles. The van der Waals surface area contributed by atoms with E-state index >= 15 is 0 Å². The first-order chi connectivity index (χ1) is 13.5. The molecule has 29 heavy (non-hydrogen) atoms. The summed E-state index contributed by atoms with van der Waals surface area (Å²) in [5.74, 6) is -0.662. The number of anilines is 1. The summed E-state index contributed by atoms with van der Waals surface area (Å²) in [5.41, 5.74) is -1.13. The zero-order valence-corrected chi connectivity index (χ0v) is 17.5. The van der Waals surface area contributed by atoms with Crippen LogP contribution in [0, 0.1) is 10.1 Å². The molecule has 1 aliphatic rings. The van der Waals surface area contributed by atoms with Crippen molar-refractivity contribution in [2.45, 2.75) is 52.2 Å². The minimum absolute atomic E-state index is 0.0999. The number of nitro groups is 1. The summed E-state index contributed by atoms with van der Waals surface area (Å²) in [5, 5.41) is 11.7. The van der Waals surface area contributed by atoms with Crippen molar-refractivity contribution in [2.24, 2.45) is 0 Å². The first kappa shape index (κ1) is 22.4. The topological polar surface area (TPSA) is 115 Å². The lowest BCUT2D eigenvalue weighted by Crippen LogP contribution is -2.50. The predicted octanol–water partition coefficient (Wildman–Crippen LogP) is 3.00. The lowest BCUT2D eigenvalue weighted by atomic mass is 10.0. The Morgan fingerprint density at radius 3 is 2.69 bits per heavy atom. The molecule has 1 aromatic rings. The summed E-state index contributed by atoms with van der Waals surface area (Å²) in [7, 11) is 1.65. The molecule has 0 aromatic carbocycles. The molecule has 2 heterocycles. The van der Waals surface area contributed by atoms with E-state index in [9.17, 15) is 19.7 Å². The predicted molar refractivity (Wildman–Crippen MR) is 106 cm³/mol. The number of amides is 1. The molecule has 0 N–H and O–H groups in total. The van der Waals surface area contributed by atoms with Crippen LogP contribution in [0.5, 0.6) is 0 Å². The van der Waals surface area contributed by atoms with E-state index in [1.54, 1.807) is 39.6 Å². The number of rotatable bonds is 5. The number of pyridine rings is 1. The highest BCUT2D eigenvalue weighted by atomic mass is 16.6. The van der Waals surface area contributed by atoms with E-state index in [1.165, 1.54) is 17.2 Å². The minimum Gasteiger partial charge on any atom is -0.462 e. The first-order valence-electron chi connectivity index (χ1n) is 9.56. The number of hydrogen-bond donors (Lipinski definition) is 0. The van der Waals surface area contributed by atoms with Crippen molar-refractivity contribution < 1.29 is 24.0 Å². The van der Waals surface area contributed by atoms with Gasteiger partial charge < -0.3 is 19.3 Å². The molecule has 1 aliphatic heterocycles. The van der Waals surface area contributed by atoms with E-state index in [0.29, 0.717) is 19.5 Å². The number of aromatic nitrogens is 1. The number of esters is 1. The fourth-order valence-corrected chi connectivity index (χ4v) is 3.17. The van der Waals surface area contributed by atoms with Crippen molar-refractivity contribution in [2.75, 3.05) is 31.6 Å². The number of carbonyl (C=O) groups excluding carboxylic acids is 2. The Hall–Kier alpha value is -2.91. The molecule has 160 valence electrons. The number of hydrogen-bond acceptors (Lipinski definition) is 8. The summed E-state index contributed by atoms with van der Waals surface area (Å²) in [6, 6.07) is 1.08. The molecule has 2 rings (SSSR count). The quantitative estimate of drug-likeness (QED) is 0.415. The van der Waals surface area contributed by atoms with Gasteiger partial charge in [0.15, 0.2) is 0 Å². The van der Waals surface area contributed by atoms with Crippen LogP contribution in [0.4, 0.5) is 16.3 Å². The molecule has 0 bridgehead atoms. The molecule has 1 saturated heterocycles. The van der Waals surface area contributed by atoms with Crippen molar-refractivity contribution in [1.29, 1.82) is 0 Å². The Morgan fingerprint density at radius 2 is 2.10 bits per heavy atom. The van der Waals surface area contributed by atoms with Gasteiger partial charge in [0.2, 0.25) is 5.82 Å². The molecule has 1 amide bonds. The van der Waals surface area contributed by atoms with Crippen molar-refractivity contribution in [1.82, 2.24) is 9.88 Å². The maximum atomic E-state index is 12.4. The van der Waals surface area contributed by atoms with Crippen molar-refractivity contribution >= 4 is 23.6 Å². The van der Waals surface area contributed by atoms with Gasteiger partial charge in [-0.3, -0.25) is 10.1 Å². The van der Waals surface area contributed by atoms with Gasteiger partial charge >= 0.3 is 17.7 Å². The lowest BCUT2D eigenvalue weighted by Gasteiger charge is -2.38. The van der Waals surface area contributed by atoms with Crippen molar-refractivity contribution in [3.8, 4) is 0 Å². The Bertz CT molecular complexity index is 776. The van der Waals surface area contributed by atoms with Crippen molar-refractivity contribution in [3.05, 3.63) is 27.9 Å². The van der Waals surface area contributed by atoms with E-state index in [4.69, 9.17) is 9.47 Å². The normalized spacial score (nSPS) is 16.9. The average molecular weight is 408 g/mol. The lowest BCUT2D eigenvalue weighted by molar-refractivity contribution is -0.384. The van der Waals surface area contributed by atoms with Crippen molar-refractivity contribution in [3.63, 3.8) is 0 Å². The molecule has 10 heteroatoms. The molecule has 0 radical (unpaired) electrons. The van der Waals surface area contributed by atoms with E-state index in [1.807, 2.05) is 0 Å². The summed E-state index contributed by atoms with van der Waals surface area (Å²) < 4.78 is 10.4. The molecule has 1 atom stereocenters. The third kappa shape index (κ3) is 5.55. The molecule has 10 nitrogen and oxygen atoms in total. The minimum atomic E-state index is -0.762. The molecular weight excluding hydrogens is 380 g/mol. The van der Waals surface area contributed by atoms with Crippen LogP contribution in [-0.2, 0) is 9.47 Å². The highest BCUT2D eigenvalue weighted by Crippen LogP contribution is 2.32. The smallest absolute Gasteiger partial charge is 0.410 e. The average Bonchev–Trinajstić information content (AvgIpc) is 2.65. The fraction of sp³-hybridized carbons (Fsp3) is 0.632. The molecule has 0 unspecified atom stereocenters. The molecule has 0 spiro atoms. The highest BCUT2D eigenvalue weighted by molar-refractivity contribution is 5.96. The summed E-state index contributed by atoms with van der Waals surface area (Å²) in [4.78, 5) is 43.1. The summed E-state index contributed by atoms with van der Waals surface area (Å²) in [6.07, 6.45) is 2.35. The molecule has 1 aromatic heterocycles. The van der Waals surface area contributed by atoms with Crippen LogP contribution in [0.3, 0.4) is 0 Å². The van der Waals surface area contributed by atoms with Gasteiger partial charge in [0.25, 0.3) is 0 Å². The third-order valence-corrected chi connectivity index (χ3v) is 4.51. The maximum Gasteiger partial charge on any atom is 0.410 e. The molecule has 0 aliphatic carbocycles. The van der Waals surface area contributed by atoms with Crippen LogP contribution in [0.2, 0.25) is 0 Å². The zero-order valence-electron chi connectivity index (χ0n) is 17.5. The first-order valence-corrected chi connectivity index (χ1v) is 9.56. The monoisotopic (exact) mass is 408 g/mol. The van der Waals surface area contributed by atoms with Crippen LogP contribution >= 0.6 is 0 Å². The zero-order chi connectivity index (χ0) is 21.8. The van der Waals surface area contributed by atoms with Gasteiger partial charge in [-0.15, -0.1) is 0 Å². The van der Waals surface area contributed by atoms with Crippen LogP contribution in [-0.4, -0.2) is 65.3 Å². The van der Waals surface area contributed by atoms with E-state index < -0.39 is 22.6 Å². The second-order valence-corrected chi connectivity index (χ2v) is 7.84. The number of likely N-dealkylation sites (N-methyl/N-ethyl adjacent to an activating group) is 1.